The van der Waals surface area contributed by atoms with Gasteiger partial charge in [0.25, 0.3) is 0 Å². The van der Waals surface area contributed by atoms with Gasteiger partial charge >= 0.3 is 0 Å². The fourth-order valence-electron chi connectivity index (χ4n) is 1.38. The summed E-state index contributed by atoms with van der Waals surface area (Å²) in [6.45, 7) is 6.44. The van der Waals surface area contributed by atoms with Crippen molar-refractivity contribution in [3.63, 3.8) is 0 Å². The van der Waals surface area contributed by atoms with Gasteiger partial charge in [0.15, 0.2) is 0 Å². The van der Waals surface area contributed by atoms with E-state index in [0.717, 1.165) is 12.0 Å². The molecule has 1 atom stereocenters. The Morgan fingerprint density at radius 3 is 2.94 bits per heavy atom. The molecule has 0 bridgehead atoms. The van der Waals surface area contributed by atoms with E-state index in [1.165, 1.54) is 0 Å². The molecular formula is C12H21N5O. The van der Waals surface area contributed by atoms with Gasteiger partial charge in [-0.25, -0.2) is 4.98 Å². The smallest absolute Gasteiger partial charge is 0.221 e. The van der Waals surface area contributed by atoms with Gasteiger partial charge < -0.3 is 16.4 Å². The summed E-state index contributed by atoms with van der Waals surface area (Å²) in [6, 6.07) is 0.217. The van der Waals surface area contributed by atoms with Crippen molar-refractivity contribution in [2.24, 2.45) is 0 Å². The van der Waals surface area contributed by atoms with Crippen molar-refractivity contribution in [1.82, 2.24) is 15.3 Å². The molecule has 0 spiro atoms. The third-order valence-electron chi connectivity index (χ3n) is 2.65. The lowest BCUT2D eigenvalue weighted by Crippen LogP contribution is -2.33. The fraction of sp³-hybridized carbons (Fsp3) is 0.583. The van der Waals surface area contributed by atoms with Crippen LogP contribution in [0.1, 0.15) is 32.3 Å². The third kappa shape index (κ3) is 4.57. The number of anilines is 2. The second kappa shape index (κ2) is 6.78. The number of hydrogen-bond donors (Lipinski definition) is 3. The van der Waals surface area contributed by atoms with Crippen LogP contribution in [0.25, 0.3) is 0 Å². The summed E-state index contributed by atoms with van der Waals surface area (Å²) in [6.07, 6.45) is 3.00. The van der Waals surface area contributed by atoms with Gasteiger partial charge in [0.1, 0.15) is 5.82 Å². The molecule has 0 radical (unpaired) electrons. The highest BCUT2D eigenvalue weighted by Gasteiger charge is 2.06. The number of rotatable bonds is 6. The van der Waals surface area contributed by atoms with Crippen molar-refractivity contribution in [3.8, 4) is 0 Å². The van der Waals surface area contributed by atoms with E-state index in [2.05, 4.69) is 20.6 Å². The van der Waals surface area contributed by atoms with Crippen LogP contribution in [0.3, 0.4) is 0 Å². The molecule has 1 heterocycles. The van der Waals surface area contributed by atoms with Gasteiger partial charge in [-0.05, 0) is 20.3 Å². The molecule has 6 heteroatoms. The van der Waals surface area contributed by atoms with Crippen molar-refractivity contribution in [3.05, 3.63) is 11.8 Å². The Bertz CT molecular complexity index is 407. The van der Waals surface area contributed by atoms with Gasteiger partial charge in [0.05, 0.1) is 0 Å². The van der Waals surface area contributed by atoms with Gasteiger partial charge in [-0.3, -0.25) is 4.79 Å². The monoisotopic (exact) mass is 251 g/mol. The highest BCUT2D eigenvalue weighted by atomic mass is 16.1. The van der Waals surface area contributed by atoms with E-state index in [0.29, 0.717) is 18.8 Å². The van der Waals surface area contributed by atoms with Crippen molar-refractivity contribution in [2.75, 3.05) is 17.6 Å². The molecule has 1 rings (SSSR count). The molecule has 0 aliphatic heterocycles. The van der Waals surface area contributed by atoms with Gasteiger partial charge in [-0.2, -0.15) is 4.98 Å². The summed E-state index contributed by atoms with van der Waals surface area (Å²) < 4.78 is 0. The number of nitrogens with two attached hydrogens (primary N) is 1. The van der Waals surface area contributed by atoms with Crippen LogP contribution in [0.5, 0.6) is 0 Å². The Morgan fingerprint density at radius 2 is 2.28 bits per heavy atom. The standard InChI is InChI=1S/C12H21N5O/c1-4-9(3)16-10(18)5-6-14-11-8(2)7-15-12(13)17-11/h7,9H,4-6H2,1-3H3,(H,16,18)(H3,13,14,15,17). The molecule has 1 amide bonds. The van der Waals surface area contributed by atoms with Gasteiger partial charge in [0.2, 0.25) is 11.9 Å². The molecule has 0 saturated carbocycles. The Morgan fingerprint density at radius 1 is 1.56 bits per heavy atom. The first kappa shape index (κ1) is 14.2. The number of nitrogen functional groups attached to an aromatic ring is 1. The van der Waals surface area contributed by atoms with Gasteiger partial charge in [0, 0.05) is 30.8 Å². The number of aryl methyl sites for hydroxylation is 1. The summed E-state index contributed by atoms with van der Waals surface area (Å²) in [5.74, 6) is 0.947. The molecule has 0 aromatic carbocycles. The SMILES string of the molecule is CCC(C)NC(=O)CCNc1nc(N)ncc1C. The van der Waals surface area contributed by atoms with Crippen LogP contribution < -0.4 is 16.4 Å². The second-order valence-corrected chi connectivity index (χ2v) is 4.31. The van der Waals surface area contributed by atoms with Gasteiger partial charge in [-0.15, -0.1) is 0 Å². The molecule has 1 unspecified atom stereocenters. The Balaban J connectivity index is 2.37. The van der Waals surface area contributed by atoms with Crippen LogP contribution in [0.15, 0.2) is 6.20 Å². The minimum absolute atomic E-state index is 0.0385. The fourth-order valence-corrected chi connectivity index (χ4v) is 1.38. The predicted molar refractivity (Wildman–Crippen MR) is 72.2 cm³/mol. The largest absolute Gasteiger partial charge is 0.369 e. The van der Waals surface area contributed by atoms with Crippen molar-refractivity contribution in [1.29, 1.82) is 0 Å². The van der Waals surface area contributed by atoms with Crippen LogP contribution in [0.2, 0.25) is 0 Å². The molecule has 1 aromatic rings. The summed E-state index contributed by atoms with van der Waals surface area (Å²) >= 11 is 0. The highest BCUT2D eigenvalue weighted by molar-refractivity contribution is 5.76. The molecule has 0 saturated heterocycles. The molecule has 18 heavy (non-hydrogen) atoms. The molecule has 0 aliphatic rings. The Kier molecular flexibility index (Phi) is 5.35. The quantitative estimate of drug-likeness (QED) is 0.703. The zero-order valence-electron chi connectivity index (χ0n) is 11.2. The number of nitrogens with one attached hydrogen (secondary N) is 2. The summed E-state index contributed by atoms with van der Waals surface area (Å²) in [5, 5.41) is 5.99. The molecule has 1 aromatic heterocycles. The molecule has 4 N–H and O–H groups in total. The minimum Gasteiger partial charge on any atom is -0.369 e. The van der Waals surface area contributed by atoms with Crippen molar-refractivity contribution >= 4 is 17.7 Å². The number of carbonyl (C=O) groups is 1. The maximum Gasteiger partial charge on any atom is 0.221 e. The average molecular weight is 251 g/mol. The van der Waals surface area contributed by atoms with E-state index in [1.807, 2.05) is 20.8 Å². The maximum atomic E-state index is 11.5. The van der Waals surface area contributed by atoms with Crippen LogP contribution in [-0.2, 0) is 4.79 Å². The molecule has 0 aliphatic carbocycles. The lowest BCUT2D eigenvalue weighted by molar-refractivity contribution is -0.121. The lowest BCUT2D eigenvalue weighted by Gasteiger charge is -2.12. The van der Waals surface area contributed by atoms with E-state index in [4.69, 9.17) is 5.73 Å². The molecule has 0 fully saturated rings. The number of hydrogen-bond acceptors (Lipinski definition) is 5. The minimum atomic E-state index is 0.0385. The van der Waals surface area contributed by atoms with Gasteiger partial charge in [-0.1, -0.05) is 6.92 Å². The van der Waals surface area contributed by atoms with Crippen LogP contribution >= 0.6 is 0 Å². The predicted octanol–water partition coefficient (Wildman–Crippen LogP) is 1.08. The number of nitrogens with zero attached hydrogens (tertiary/aromatic N) is 2. The maximum absolute atomic E-state index is 11.5. The summed E-state index contributed by atoms with van der Waals surface area (Å²) in [4.78, 5) is 19.5. The van der Waals surface area contributed by atoms with E-state index in [9.17, 15) is 4.79 Å². The third-order valence-corrected chi connectivity index (χ3v) is 2.65. The van der Waals surface area contributed by atoms with E-state index < -0.39 is 0 Å². The average Bonchev–Trinajstić information content (AvgIpc) is 2.33. The molecule has 100 valence electrons. The summed E-state index contributed by atoms with van der Waals surface area (Å²) in [5.41, 5.74) is 6.41. The first-order chi connectivity index (χ1) is 8.52. The second-order valence-electron chi connectivity index (χ2n) is 4.31. The van der Waals surface area contributed by atoms with E-state index >= 15 is 0 Å². The van der Waals surface area contributed by atoms with E-state index in [-0.39, 0.29) is 17.9 Å². The van der Waals surface area contributed by atoms with Crippen LogP contribution in [0.4, 0.5) is 11.8 Å². The first-order valence-corrected chi connectivity index (χ1v) is 6.15. The first-order valence-electron chi connectivity index (χ1n) is 6.15. The topological polar surface area (TPSA) is 92.9 Å². The van der Waals surface area contributed by atoms with Crippen molar-refractivity contribution < 1.29 is 4.79 Å². The summed E-state index contributed by atoms with van der Waals surface area (Å²) in [7, 11) is 0. The van der Waals surface area contributed by atoms with Crippen LogP contribution in [0, 0.1) is 6.92 Å². The zero-order valence-corrected chi connectivity index (χ0v) is 11.2. The highest BCUT2D eigenvalue weighted by Crippen LogP contribution is 2.10. The normalized spacial score (nSPS) is 11.9. The Hall–Kier alpha value is -1.85. The van der Waals surface area contributed by atoms with E-state index in [1.54, 1.807) is 6.20 Å². The number of carbonyl (C=O) groups excluding carboxylic acids is 1. The number of amides is 1. The Labute approximate surface area is 107 Å². The molecule has 6 nitrogen and oxygen atoms in total. The lowest BCUT2D eigenvalue weighted by atomic mass is 10.2. The van der Waals surface area contributed by atoms with Crippen molar-refractivity contribution in [2.45, 2.75) is 39.7 Å². The molecular weight excluding hydrogens is 230 g/mol. The van der Waals surface area contributed by atoms with Crippen LogP contribution in [-0.4, -0.2) is 28.5 Å². The number of aromatic nitrogens is 2. The zero-order chi connectivity index (χ0) is 13.5.